The van der Waals surface area contributed by atoms with Gasteiger partial charge in [0.2, 0.25) is 0 Å². The van der Waals surface area contributed by atoms with Gasteiger partial charge in [-0.15, -0.1) is 11.3 Å². The standard InChI is InChI=1S/C12H8BrNO2S/c13-6-16-9-3-1-2-8-10(9)7-4-5-17-11(7)12(15)14-8/h1-5H,6H2,(H,14,15). The third-order valence-electron chi connectivity index (χ3n) is 2.63. The number of ether oxygens (including phenoxy) is 1. The molecular formula is C12H8BrNO2S. The highest BCUT2D eigenvalue weighted by Gasteiger charge is 2.10. The number of pyridine rings is 1. The van der Waals surface area contributed by atoms with Gasteiger partial charge in [0.05, 0.1) is 5.52 Å². The van der Waals surface area contributed by atoms with Gasteiger partial charge in [-0.1, -0.05) is 6.07 Å². The number of halogens is 1. The highest BCUT2D eigenvalue weighted by Crippen LogP contribution is 2.32. The van der Waals surface area contributed by atoms with Gasteiger partial charge >= 0.3 is 0 Å². The molecule has 0 fully saturated rings. The molecule has 3 nitrogen and oxygen atoms in total. The summed E-state index contributed by atoms with van der Waals surface area (Å²) in [5.41, 5.74) is 1.19. The number of hydrogen-bond acceptors (Lipinski definition) is 3. The third-order valence-corrected chi connectivity index (χ3v) is 3.77. The molecule has 5 heteroatoms. The second kappa shape index (κ2) is 4.16. The molecule has 0 aliphatic heterocycles. The van der Waals surface area contributed by atoms with Gasteiger partial charge < -0.3 is 9.72 Å². The van der Waals surface area contributed by atoms with Gasteiger partial charge in [0, 0.05) is 10.8 Å². The van der Waals surface area contributed by atoms with Crippen molar-refractivity contribution in [2.24, 2.45) is 0 Å². The number of nitrogens with one attached hydrogen (secondary N) is 1. The summed E-state index contributed by atoms with van der Waals surface area (Å²) in [5.74, 6) is 0.777. The van der Waals surface area contributed by atoms with Crippen molar-refractivity contribution in [3.05, 3.63) is 40.0 Å². The summed E-state index contributed by atoms with van der Waals surface area (Å²) in [6.07, 6.45) is 0. The number of H-pyrrole nitrogens is 1. The van der Waals surface area contributed by atoms with Crippen molar-refractivity contribution in [1.82, 2.24) is 4.98 Å². The minimum Gasteiger partial charge on any atom is -0.482 e. The summed E-state index contributed by atoms with van der Waals surface area (Å²) in [4.78, 5) is 14.7. The normalized spacial score (nSPS) is 11.1. The van der Waals surface area contributed by atoms with Crippen LogP contribution in [0.2, 0.25) is 0 Å². The van der Waals surface area contributed by atoms with Crippen molar-refractivity contribution in [1.29, 1.82) is 0 Å². The van der Waals surface area contributed by atoms with Crippen LogP contribution in [-0.2, 0) is 0 Å². The van der Waals surface area contributed by atoms with Crippen LogP contribution < -0.4 is 10.3 Å². The fraction of sp³-hybridized carbons (Fsp3) is 0.0833. The van der Waals surface area contributed by atoms with Crippen LogP contribution in [0.1, 0.15) is 0 Å². The van der Waals surface area contributed by atoms with E-state index in [2.05, 4.69) is 20.9 Å². The van der Waals surface area contributed by atoms with Crippen molar-refractivity contribution in [2.45, 2.75) is 0 Å². The maximum absolute atomic E-state index is 11.8. The Morgan fingerprint density at radius 2 is 2.24 bits per heavy atom. The SMILES string of the molecule is O=c1[nH]c2cccc(OCBr)c2c2ccsc12. The number of rotatable bonds is 2. The first-order valence-corrected chi connectivity index (χ1v) is 7.02. The van der Waals surface area contributed by atoms with Gasteiger partial charge in [0.1, 0.15) is 16.0 Å². The molecule has 17 heavy (non-hydrogen) atoms. The lowest BCUT2D eigenvalue weighted by atomic mass is 10.1. The molecule has 0 saturated heterocycles. The number of aromatic amines is 1. The van der Waals surface area contributed by atoms with Crippen LogP contribution in [0.3, 0.4) is 0 Å². The van der Waals surface area contributed by atoms with Gasteiger partial charge in [0.25, 0.3) is 5.56 Å². The Kier molecular flexibility index (Phi) is 2.64. The second-order valence-corrected chi connectivity index (χ2v) is 4.92. The lowest BCUT2D eigenvalue weighted by Gasteiger charge is -2.07. The monoisotopic (exact) mass is 309 g/mol. The van der Waals surface area contributed by atoms with Crippen LogP contribution in [0.5, 0.6) is 5.75 Å². The van der Waals surface area contributed by atoms with E-state index in [1.807, 2.05) is 29.6 Å². The van der Waals surface area contributed by atoms with Gasteiger partial charge in [0.15, 0.2) is 0 Å². The van der Waals surface area contributed by atoms with E-state index in [1.165, 1.54) is 11.3 Å². The predicted molar refractivity (Wildman–Crippen MR) is 74.4 cm³/mol. The summed E-state index contributed by atoms with van der Waals surface area (Å²) in [7, 11) is 0. The number of fused-ring (bicyclic) bond motifs is 3. The van der Waals surface area contributed by atoms with E-state index in [1.54, 1.807) is 0 Å². The average molecular weight is 310 g/mol. The lowest BCUT2D eigenvalue weighted by molar-refractivity contribution is 0.403. The first-order valence-electron chi connectivity index (χ1n) is 5.02. The summed E-state index contributed by atoms with van der Waals surface area (Å²) >= 11 is 4.69. The van der Waals surface area contributed by atoms with Crippen molar-refractivity contribution in [2.75, 3.05) is 5.52 Å². The molecule has 1 N–H and O–H groups in total. The van der Waals surface area contributed by atoms with Crippen molar-refractivity contribution in [3.63, 3.8) is 0 Å². The zero-order chi connectivity index (χ0) is 11.8. The smallest absolute Gasteiger partial charge is 0.266 e. The van der Waals surface area contributed by atoms with Crippen LogP contribution in [0.15, 0.2) is 34.4 Å². The zero-order valence-electron chi connectivity index (χ0n) is 8.70. The predicted octanol–water partition coefficient (Wildman–Crippen LogP) is 3.47. The molecule has 0 saturated carbocycles. The number of aromatic nitrogens is 1. The zero-order valence-corrected chi connectivity index (χ0v) is 11.1. The van der Waals surface area contributed by atoms with Gasteiger partial charge in [-0.05, 0) is 39.5 Å². The van der Waals surface area contributed by atoms with E-state index < -0.39 is 0 Å². The Hall–Kier alpha value is -1.33. The fourth-order valence-electron chi connectivity index (χ4n) is 1.95. The molecule has 2 aromatic heterocycles. The summed E-state index contributed by atoms with van der Waals surface area (Å²) < 4.78 is 6.27. The summed E-state index contributed by atoms with van der Waals surface area (Å²) in [5, 5.41) is 3.83. The van der Waals surface area contributed by atoms with Crippen molar-refractivity contribution in [3.8, 4) is 5.75 Å². The van der Waals surface area contributed by atoms with Gasteiger partial charge in [-0.3, -0.25) is 4.79 Å². The molecule has 0 atom stereocenters. The van der Waals surface area contributed by atoms with Gasteiger partial charge in [-0.2, -0.15) is 0 Å². The second-order valence-electron chi connectivity index (χ2n) is 3.55. The number of hydrogen-bond donors (Lipinski definition) is 1. The highest BCUT2D eigenvalue weighted by molar-refractivity contribution is 9.09. The van der Waals surface area contributed by atoms with Gasteiger partial charge in [-0.25, -0.2) is 0 Å². The van der Waals surface area contributed by atoms with E-state index in [9.17, 15) is 4.79 Å². The minimum absolute atomic E-state index is 0.0431. The summed E-state index contributed by atoms with van der Waals surface area (Å²) in [6.45, 7) is 0. The summed E-state index contributed by atoms with van der Waals surface area (Å²) in [6, 6.07) is 7.61. The minimum atomic E-state index is -0.0431. The molecule has 3 aromatic rings. The molecule has 1 aromatic carbocycles. The molecule has 0 aliphatic rings. The quantitative estimate of drug-likeness (QED) is 0.736. The highest BCUT2D eigenvalue weighted by atomic mass is 79.9. The Balaban J connectivity index is 2.52. The molecule has 0 bridgehead atoms. The molecule has 0 radical (unpaired) electrons. The molecular weight excluding hydrogens is 302 g/mol. The first kappa shape index (κ1) is 10.8. The van der Waals surface area contributed by atoms with E-state index >= 15 is 0 Å². The van der Waals surface area contributed by atoms with Crippen LogP contribution in [0.25, 0.3) is 21.0 Å². The first-order chi connectivity index (χ1) is 8.31. The van der Waals surface area contributed by atoms with Crippen molar-refractivity contribution < 1.29 is 4.74 Å². The molecule has 0 aliphatic carbocycles. The maximum atomic E-state index is 11.8. The van der Waals surface area contributed by atoms with Crippen LogP contribution in [-0.4, -0.2) is 10.5 Å². The molecule has 86 valence electrons. The lowest BCUT2D eigenvalue weighted by Crippen LogP contribution is -2.04. The van der Waals surface area contributed by atoms with Crippen LogP contribution in [0, 0.1) is 0 Å². The molecule has 0 unspecified atom stereocenters. The molecule has 3 rings (SSSR count). The van der Waals surface area contributed by atoms with E-state index in [4.69, 9.17) is 4.74 Å². The number of thiophene rings is 1. The van der Waals surface area contributed by atoms with Crippen LogP contribution in [0.4, 0.5) is 0 Å². The molecule has 2 heterocycles. The van der Waals surface area contributed by atoms with Crippen LogP contribution >= 0.6 is 27.3 Å². The van der Waals surface area contributed by atoms with E-state index in [0.29, 0.717) is 5.52 Å². The topological polar surface area (TPSA) is 42.1 Å². The largest absolute Gasteiger partial charge is 0.482 e. The maximum Gasteiger partial charge on any atom is 0.266 e. The number of alkyl halides is 1. The Morgan fingerprint density at radius 3 is 3.06 bits per heavy atom. The average Bonchev–Trinajstić information content (AvgIpc) is 2.79. The third kappa shape index (κ3) is 1.66. The van der Waals surface area contributed by atoms with Crippen molar-refractivity contribution >= 4 is 48.3 Å². The molecule has 0 spiro atoms. The van der Waals surface area contributed by atoms with E-state index in [-0.39, 0.29) is 5.56 Å². The van der Waals surface area contributed by atoms with E-state index in [0.717, 1.165) is 26.7 Å². The Bertz CT molecular complexity index is 747. The fourth-order valence-corrected chi connectivity index (χ4v) is 3.00. The number of benzene rings is 1. The Morgan fingerprint density at radius 1 is 1.35 bits per heavy atom. The molecule has 0 amide bonds. The Labute approximate surface area is 109 Å².